The first-order valence-corrected chi connectivity index (χ1v) is 5.62. The van der Waals surface area contributed by atoms with Gasteiger partial charge in [-0.05, 0) is 18.2 Å². The molecule has 2 N–H and O–H groups in total. The van der Waals surface area contributed by atoms with Crippen molar-refractivity contribution in [2.45, 2.75) is 18.6 Å². The number of thiol groups is 1. The Kier molecular flexibility index (Phi) is 5.00. The lowest BCUT2D eigenvalue weighted by Gasteiger charge is -2.17. The highest BCUT2D eigenvalue weighted by molar-refractivity contribution is 7.80. The number of halogens is 2. The average Bonchev–Trinajstić information content (AvgIpc) is 2.30. The molecular weight excluding hydrogens is 268 g/mol. The number of aliphatic hydroxyl groups is 2. The van der Waals surface area contributed by atoms with E-state index in [-0.39, 0.29) is 12.2 Å². The minimum Gasteiger partial charge on any atom is -0.390 e. The van der Waals surface area contributed by atoms with E-state index in [2.05, 4.69) is 12.6 Å². The molecule has 0 saturated carbocycles. The zero-order valence-electron chi connectivity index (χ0n) is 9.08. The SMILES string of the molecule is O=[N+]([O-])c1cc(F)c(C(O)C(O)CCS)cc1F. The Hall–Kier alpha value is -1.25. The number of benzene rings is 1. The first-order valence-electron chi connectivity index (χ1n) is 4.98. The van der Waals surface area contributed by atoms with Crippen molar-refractivity contribution >= 4 is 18.3 Å². The number of hydrogen-bond donors (Lipinski definition) is 3. The third kappa shape index (κ3) is 3.15. The molecule has 100 valence electrons. The van der Waals surface area contributed by atoms with Gasteiger partial charge in [0.05, 0.1) is 17.1 Å². The van der Waals surface area contributed by atoms with Crippen LogP contribution in [0.15, 0.2) is 12.1 Å². The van der Waals surface area contributed by atoms with Gasteiger partial charge in [-0.2, -0.15) is 17.0 Å². The van der Waals surface area contributed by atoms with E-state index in [9.17, 15) is 29.1 Å². The number of rotatable bonds is 5. The fraction of sp³-hybridized carbons (Fsp3) is 0.400. The van der Waals surface area contributed by atoms with Crippen LogP contribution in [0.25, 0.3) is 0 Å². The molecule has 0 amide bonds. The third-order valence-electron chi connectivity index (χ3n) is 2.37. The maximum atomic E-state index is 13.5. The van der Waals surface area contributed by atoms with Gasteiger partial charge in [-0.3, -0.25) is 10.1 Å². The molecule has 0 aliphatic rings. The fourth-order valence-corrected chi connectivity index (χ4v) is 1.68. The van der Waals surface area contributed by atoms with Gasteiger partial charge in [0.15, 0.2) is 0 Å². The Morgan fingerprint density at radius 3 is 2.44 bits per heavy atom. The van der Waals surface area contributed by atoms with E-state index in [1.807, 2.05) is 0 Å². The van der Waals surface area contributed by atoms with Gasteiger partial charge in [0.1, 0.15) is 11.9 Å². The van der Waals surface area contributed by atoms with Crippen molar-refractivity contribution in [3.05, 3.63) is 39.4 Å². The van der Waals surface area contributed by atoms with Crippen molar-refractivity contribution in [2.75, 3.05) is 5.75 Å². The molecule has 0 saturated heterocycles. The number of hydrogen-bond acceptors (Lipinski definition) is 5. The average molecular weight is 279 g/mol. The standard InChI is InChI=1S/C10H11F2NO4S/c11-6-4-8(13(16)17)7(12)3-5(6)10(15)9(14)1-2-18/h3-4,9-10,14-15,18H,1-2H2. The molecule has 0 aromatic heterocycles. The molecule has 0 bridgehead atoms. The van der Waals surface area contributed by atoms with Crippen molar-refractivity contribution in [1.82, 2.24) is 0 Å². The zero-order valence-corrected chi connectivity index (χ0v) is 9.98. The number of aliphatic hydroxyl groups excluding tert-OH is 2. The normalized spacial score (nSPS) is 14.3. The number of nitrogens with zero attached hydrogens (tertiary/aromatic N) is 1. The Bertz CT molecular complexity index is 458. The smallest absolute Gasteiger partial charge is 0.307 e. The van der Waals surface area contributed by atoms with Crippen molar-refractivity contribution < 1.29 is 23.9 Å². The van der Waals surface area contributed by atoms with Gasteiger partial charge < -0.3 is 10.2 Å². The lowest BCUT2D eigenvalue weighted by molar-refractivity contribution is -0.387. The van der Waals surface area contributed by atoms with Crippen LogP contribution in [0.4, 0.5) is 14.5 Å². The monoisotopic (exact) mass is 279 g/mol. The van der Waals surface area contributed by atoms with Crippen molar-refractivity contribution in [3.63, 3.8) is 0 Å². The van der Waals surface area contributed by atoms with E-state index in [1.54, 1.807) is 0 Å². The quantitative estimate of drug-likeness (QED) is 0.434. The molecule has 18 heavy (non-hydrogen) atoms. The highest BCUT2D eigenvalue weighted by atomic mass is 32.1. The second-order valence-corrected chi connectivity index (χ2v) is 4.05. The molecule has 2 unspecified atom stereocenters. The van der Waals surface area contributed by atoms with Gasteiger partial charge in [0, 0.05) is 5.56 Å². The highest BCUT2D eigenvalue weighted by Gasteiger charge is 2.25. The van der Waals surface area contributed by atoms with Crippen molar-refractivity contribution in [2.24, 2.45) is 0 Å². The van der Waals surface area contributed by atoms with Gasteiger partial charge >= 0.3 is 5.69 Å². The molecule has 0 aliphatic carbocycles. The number of nitro benzene ring substituents is 1. The summed E-state index contributed by atoms with van der Waals surface area (Å²) in [4.78, 5) is 9.30. The van der Waals surface area contributed by atoms with E-state index < -0.39 is 40.0 Å². The summed E-state index contributed by atoms with van der Waals surface area (Å²) in [5.41, 5.74) is -1.54. The highest BCUT2D eigenvalue weighted by Crippen LogP contribution is 2.27. The van der Waals surface area contributed by atoms with Crippen LogP contribution in [-0.4, -0.2) is 27.0 Å². The lowest BCUT2D eigenvalue weighted by atomic mass is 10.0. The molecule has 2 atom stereocenters. The van der Waals surface area contributed by atoms with Crippen LogP contribution in [-0.2, 0) is 0 Å². The van der Waals surface area contributed by atoms with E-state index in [1.165, 1.54) is 0 Å². The van der Waals surface area contributed by atoms with Gasteiger partial charge in [-0.25, -0.2) is 4.39 Å². The molecule has 1 rings (SSSR count). The van der Waals surface area contributed by atoms with E-state index in [0.29, 0.717) is 12.1 Å². The molecule has 0 heterocycles. The van der Waals surface area contributed by atoms with Gasteiger partial charge in [0.2, 0.25) is 5.82 Å². The van der Waals surface area contributed by atoms with Crippen LogP contribution in [0, 0.1) is 21.7 Å². The second-order valence-electron chi connectivity index (χ2n) is 3.61. The summed E-state index contributed by atoms with van der Waals surface area (Å²) in [7, 11) is 0. The van der Waals surface area contributed by atoms with E-state index >= 15 is 0 Å². The van der Waals surface area contributed by atoms with E-state index in [0.717, 1.165) is 0 Å². The summed E-state index contributed by atoms with van der Waals surface area (Å²) >= 11 is 3.83. The Balaban J connectivity index is 3.11. The molecule has 8 heteroatoms. The Morgan fingerprint density at radius 1 is 1.33 bits per heavy atom. The summed E-state index contributed by atoms with van der Waals surface area (Å²) in [6, 6.07) is 0.890. The molecule has 1 aromatic carbocycles. The van der Waals surface area contributed by atoms with Gasteiger partial charge in [0.25, 0.3) is 0 Å². The van der Waals surface area contributed by atoms with Crippen molar-refractivity contribution in [1.29, 1.82) is 0 Å². The molecule has 0 aliphatic heterocycles. The van der Waals surface area contributed by atoms with Crippen LogP contribution < -0.4 is 0 Å². The first kappa shape index (κ1) is 14.8. The van der Waals surface area contributed by atoms with Crippen LogP contribution in [0.1, 0.15) is 18.1 Å². The summed E-state index contributed by atoms with van der Waals surface area (Å²) in [5.74, 6) is -2.17. The summed E-state index contributed by atoms with van der Waals surface area (Å²) < 4.78 is 26.8. The molecular formula is C10H11F2NO4S. The minimum atomic E-state index is -1.66. The third-order valence-corrected chi connectivity index (χ3v) is 2.63. The summed E-state index contributed by atoms with van der Waals surface area (Å²) in [6.45, 7) is 0. The maximum Gasteiger partial charge on any atom is 0.307 e. The molecule has 5 nitrogen and oxygen atoms in total. The first-order chi connectivity index (χ1) is 8.38. The maximum absolute atomic E-state index is 13.5. The largest absolute Gasteiger partial charge is 0.390 e. The Labute approximate surface area is 107 Å². The fourth-order valence-electron chi connectivity index (χ4n) is 1.42. The molecule has 0 fully saturated rings. The van der Waals surface area contributed by atoms with Gasteiger partial charge in [-0.15, -0.1) is 0 Å². The predicted molar refractivity (Wildman–Crippen MR) is 62.4 cm³/mol. The molecule has 1 aromatic rings. The second kappa shape index (κ2) is 6.07. The molecule has 0 radical (unpaired) electrons. The van der Waals surface area contributed by atoms with Crippen LogP contribution >= 0.6 is 12.6 Å². The lowest BCUT2D eigenvalue weighted by Crippen LogP contribution is -2.20. The van der Waals surface area contributed by atoms with Crippen LogP contribution in [0.2, 0.25) is 0 Å². The van der Waals surface area contributed by atoms with Gasteiger partial charge in [-0.1, -0.05) is 0 Å². The topological polar surface area (TPSA) is 83.6 Å². The zero-order chi connectivity index (χ0) is 13.9. The summed E-state index contributed by atoms with van der Waals surface area (Å²) in [6.07, 6.45) is -2.91. The Morgan fingerprint density at radius 2 is 1.94 bits per heavy atom. The predicted octanol–water partition coefficient (Wildman–Crippen LogP) is 1.59. The van der Waals surface area contributed by atoms with Crippen LogP contribution in [0.3, 0.4) is 0 Å². The number of nitro groups is 1. The minimum absolute atomic E-state index is 0.0718. The molecule has 0 spiro atoms. The van der Waals surface area contributed by atoms with Crippen molar-refractivity contribution in [3.8, 4) is 0 Å². The summed E-state index contributed by atoms with van der Waals surface area (Å²) in [5, 5.41) is 29.4. The van der Waals surface area contributed by atoms with Crippen LogP contribution in [0.5, 0.6) is 0 Å². The van der Waals surface area contributed by atoms with E-state index in [4.69, 9.17) is 0 Å².